The molecular formula is C23H21ClN4O2. The average molecular weight is 421 g/mol. The van der Waals surface area contributed by atoms with Crippen molar-refractivity contribution in [2.45, 2.75) is 6.92 Å². The molecule has 0 spiro atoms. The number of aromatic amines is 1. The van der Waals surface area contributed by atoms with Crippen LogP contribution in [0.3, 0.4) is 0 Å². The summed E-state index contributed by atoms with van der Waals surface area (Å²) in [6.45, 7) is 5.29. The smallest absolute Gasteiger partial charge is 0.282 e. The van der Waals surface area contributed by atoms with Crippen molar-refractivity contribution in [2.24, 2.45) is 0 Å². The second-order valence-electron chi connectivity index (χ2n) is 7.39. The number of hydrogen-bond acceptors (Lipinski definition) is 4. The second kappa shape index (κ2) is 7.63. The molecule has 0 amide bonds. The van der Waals surface area contributed by atoms with E-state index in [4.69, 9.17) is 16.3 Å². The topological polar surface area (TPSA) is 63.2 Å². The fourth-order valence-electron chi connectivity index (χ4n) is 3.93. The number of nitrogens with zero attached hydrogens (tertiary/aromatic N) is 3. The van der Waals surface area contributed by atoms with Crippen molar-refractivity contribution in [3.8, 4) is 28.1 Å². The van der Waals surface area contributed by atoms with E-state index in [0.29, 0.717) is 22.0 Å². The number of benzene rings is 2. The van der Waals surface area contributed by atoms with Gasteiger partial charge in [-0.1, -0.05) is 23.7 Å². The minimum atomic E-state index is -0.158. The van der Waals surface area contributed by atoms with Gasteiger partial charge < -0.3 is 14.6 Å². The van der Waals surface area contributed by atoms with E-state index in [2.05, 4.69) is 39.2 Å². The van der Waals surface area contributed by atoms with E-state index in [1.807, 2.05) is 6.92 Å². The molecule has 6 nitrogen and oxygen atoms in total. The number of anilines is 1. The number of hydrogen-bond donors (Lipinski definition) is 1. The van der Waals surface area contributed by atoms with Crippen molar-refractivity contribution < 1.29 is 4.74 Å². The highest BCUT2D eigenvalue weighted by Crippen LogP contribution is 2.34. The molecule has 1 N–H and O–H groups in total. The van der Waals surface area contributed by atoms with Gasteiger partial charge >= 0.3 is 0 Å². The zero-order chi connectivity index (χ0) is 20.7. The molecular weight excluding hydrogens is 400 g/mol. The van der Waals surface area contributed by atoms with Crippen molar-refractivity contribution in [3.05, 3.63) is 75.8 Å². The molecule has 0 atom stereocenters. The summed E-state index contributed by atoms with van der Waals surface area (Å²) in [7, 11) is 0. The number of aryl methyl sites for hydroxylation is 1. The summed E-state index contributed by atoms with van der Waals surface area (Å²) in [6, 6.07) is 15.5. The molecule has 3 aliphatic heterocycles. The lowest BCUT2D eigenvalue weighted by molar-refractivity contribution is 0.122. The van der Waals surface area contributed by atoms with Crippen LogP contribution in [0.2, 0.25) is 5.02 Å². The Labute approximate surface area is 179 Å². The van der Waals surface area contributed by atoms with Crippen LogP contribution in [0.5, 0.6) is 0 Å². The average Bonchev–Trinajstić information content (AvgIpc) is 3.11. The molecule has 0 aromatic heterocycles. The fraction of sp³-hybridized carbons (Fsp3) is 0.217. The Morgan fingerprint density at radius 3 is 2.37 bits per heavy atom. The third-order valence-corrected chi connectivity index (χ3v) is 5.78. The van der Waals surface area contributed by atoms with Gasteiger partial charge in [-0.3, -0.25) is 4.79 Å². The zero-order valence-electron chi connectivity index (χ0n) is 16.6. The molecule has 0 unspecified atom stereocenters. The molecule has 1 fully saturated rings. The Bertz CT molecular complexity index is 1210. The lowest BCUT2D eigenvalue weighted by Gasteiger charge is -2.29. The molecule has 152 valence electrons. The number of fused-ring (bicyclic) bond motifs is 1. The minimum absolute atomic E-state index is 0.158. The molecule has 2 aromatic rings. The number of ether oxygens (including phenoxy) is 1. The van der Waals surface area contributed by atoms with Crippen LogP contribution in [0.15, 0.2) is 59.5 Å². The van der Waals surface area contributed by atoms with Crippen molar-refractivity contribution in [1.82, 2.24) is 14.8 Å². The van der Waals surface area contributed by atoms with Gasteiger partial charge in [0.25, 0.3) is 5.56 Å². The number of H-pyrrole nitrogens is 1. The third-order valence-electron chi connectivity index (χ3n) is 5.53. The maximum Gasteiger partial charge on any atom is 0.282 e. The summed E-state index contributed by atoms with van der Waals surface area (Å²) < 4.78 is 6.87. The predicted molar refractivity (Wildman–Crippen MR) is 119 cm³/mol. The number of morpholine rings is 1. The molecule has 0 bridgehead atoms. The van der Waals surface area contributed by atoms with Gasteiger partial charge in [-0.2, -0.15) is 9.78 Å². The Balaban J connectivity index is 1.58. The first-order chi connectivity index (χ1) is 14.6. The number of aromatic nitrogens is 3. The Morgan fingerprint density at radius 1 is 1.00 bits per heavy atom. The highest BCUT2D eigenvalue weighted by atomic mass is 35.5. The third kappa shape index (κ3) is 3.28. The summed E-state index contributed by atoms with van der Waals surface area (Å²) in [5, 5.41) is 5.29. The number of nitrogens with one attached hydrogen (secondary N) is 1. The number of rotatable bonds is 3. The summed E-state index contributed by atoms with van der Waals surface area (Å²) in [5.74, 6) is 0. The van der Waals surface area contributed by atoms with Gasteiger partial charge in [-0.25, -0.2) is 0 Å². The molecule has 0 radical (unpaired) electrons. The first-order valence-electron chi connectivity index (χ1n) is 9.92. The van der Waals surface area contributed by atoms with Gasteiger partial charge in [0, 0.05) is 41.3 Å². The van der Waals surface area contributed by atoms with Crippen molar-refractivity contribution >= 4 is 17.3 Å². The molecule has 0 saturated carbocycles. The Hall–Kier alpha value is -3.09. The standard InChI is InChI=1S/C23H21ClN4O2/c1-15-21(16-2-6-18(7-3-16)27-10-12-30-13-11-27)22-20(14-25-15)23(29)28(26-22)19-8-4-17(24)5-9-19/h2-9,14,25H,10-13H2,1H3. The summed E-state index contributed by atoms with van der Waals surface area (Å²) in [6.07, 6.45) is 1.73. The minimum Gasteiger partial charge on any atom is -0.378 e. The van der Waals surface area contributed by atoms with Crippen molar-refractivity contribution in [2.75, 3.05) is 31.2 Å². The first kappa shape index (κ1) is 18.9. The van der Waals surface area contributed by atoms with E-state index >= 15 is 0 Å². The molecule has 7 heteroatoms. The van der Waals surface area contributed by atoms with Gasteiger partial charge in [-0.05, 0) is 48.9 Å². The van der Waals surface area contributed by atoms with Crippen LogP contribution in [0.1, 0.15) is 5.69 Å². The lowest BCUT2D eigenvalue weighted by atomic mass is 9.98. The maximum atomic E-state index is 13.0. The first-order valence-corrected chi connectivity index (χ1v) is 10.3. The van der Waals surface area contributed by atoms with Gasteiger partial charge in [0.2, 0.25) is 0 Å². The van der Waals surface area contributed by atoms with Gasteiger partial charge in [0.1, 0.15) is 5.69 Å². The van der Waals surface area contributed by atoms with Crippen molar-refractivity contribution in [3.63, 3.8) is 0 Å². The lowest BCUT2D eigenvalue weighted by Crippen LogP contribution is -2.36. The normalized spacial score (nSPS) is 14.4. The Kier molecular flexibility index (Phi) is 4.81. The second-order valence-corrected chi connectivity index (χ2v) is 7.83. The van der Waals surface area contributed by atoms with E-state index in [1.54, 1.807) is 30.5 Å². The van der Waals surface area contributed by atoms with E-state index in [1.165, 1.54) is 10.4 Å². The largest absolute Gasteiger partial charge is 0.378 e. The van der Waals surface area contributed by atoms with Crippen LogP contribution in [0.4, 0.5) is 5.69 Å². The van der Waals surface area contributed by atoms with Crippen LogP contribution in [0.25, 0.3) is 28.1 Å². The molecule has 5 rings (SSSR count). The molecule has 3 heterocycles. The van der Waals surface area contributed by atoms with Crippen LogP contribution in [-0.4, -0.2) is 41.1 Å². The van der Waals surface area contributed by atoms with Gasteiger partial charge in [-0.15, -0.1) is 0 Å². The van der Waals surface area contributed by atoms with Crippen LogP contribution in [-0.2, 0) is 4.74 Å². The van der Waals surface area contributed by atoms with E-state index in [9.17, 15) is 4.79 Å². The van der Waals surface area contributed by atoms with E-state index in [0.717, 1.165) is 43.1 Å². The van der Waals surface area contributed by atoms with Crippen molar-refractivity contribution in [1.29, 1.82) is 0 Å². The summed E-state index contributed by atoms with van der Waals surface area (Å²) in [5.41, 5.74) is 5.86. The number of pyridine rings is 1. The van der Waals surface area contributed by atoms with Gasteiger partial charge in [0.05, 0.1) is 24.5 Å². The quantitative estimate of drug-likeness (QED) is 0.541. The predicted octanol–water partition coefficient (Wildman–Crippen LogP) is 4.13. The Morgan fingerprint density at radius 2 is 1.67 bits per heavy atom. The SMILES string of the molecule is Cc1[nH]cc2c(=O)n(-c3ccc(Cl)cc3)nc-2c1-c1ccc(N2CCOCC2)cc1. The molecule has 30 heavy (non-hydrogen) atoms. The highest BCUT2D eigenvalue weighted by Gasteiger charge is 2.22. The molecule has 3 aliphatic rings. The number of halogens is 1. The van der Waals surface area contributed by atoms with Crippen LogP contribution < -0.4 is 10.5 Å². The van der Waals surface area contributed by atoms with Crippen LogP contribution in [0, 0.1) is 6.92 Å². The monoisotopic (exact) mass is 420 g/mol. The molecule has 1 saturated heterocycles. The van der Waals surface area contributed by atoms with Crippen LogP contribution >= 0.6 is 11.6 Å². The van der Waals surface area contributed by atoms with Gasteiger partial charge in [0.15, 0.2) is 0 Å². The summed E-state index contributed by atoms with van der Waals surface area (Å²) >= 11 is 5.99. The van der Waals surface area contributed by atoms with E-state index < -0.39 is 0 Å². The summed E-state index contributed by atoms with van der Waals surface area (Å²) in [4.78, 5) is 18.5. The maximum absolute atomic E-state index is 13.0. The fourth-order valence-corrected chi connectivity index (χ4v) is 4.06. The zero-order valence-corrected chi connectivity index (χ0v) is 17.3. The molecule has 2 aromatic carbocycles. The molecule has 0 aliphatic carbocycles. The van der Waals surface area contributed by atoms with E-state index in [-0.39, 0.29) is 5.56 Å². The highest BCUT2D eigenvalue weighted by molar-refractivity contribution is 6.30.